The molecule has 0 saturated heterocycles. The Balaban J connectivity index is 1.58. The molecule has 0 atom stereocenters. The monoisotopic (exact) mass is 424 g/mol. The Morgan fingerprint density at radius 2 is 0.844 bits per heavy atom. The predicted molar refractivity (Wildman–Crippen MR) is 127 cm³/mol. The summed E-state index contributed by atoms with van der Waals surface area (Å²) in [5, 5.41) is 17.3. The van der Waals surface area contributed by atoms with Crippen molar-refractivity contribution in [1.82, 2.24) is 0 Å². The van der Waals surface area contributed by atoms with Crippen molar-refractivity contribution in [3.63, 3.8) is 0 Å². The van der Waals surface area contributed by atoms with E-state index in [1.54, 1.807) is 36.7 Å². The van der Waals surface area contributed by atoms with Crippen LogP contribution in [0.1, 0.15) is 22.3 Å². The fourth-order valence-corrected chi connectivity index (χ4v) is 2.64. The van der Waals surface area contributed by atoms with Crippen LogP contribution in [0.15, 0.2) is 94.9 Å². The first-order valence-corrected chi connectivity index (χ1v) is 9.68. The van der Waals surface area contributed by atoms with Crippen LogP contribution in [-0.4, -0.2) is 34.6 Å². The van der Waals surface area contributed by atoms with Gasteiger partial charge < -0.3 is 10.2 Å². The SMILES string of the molecule is O=C(O)/C=C/c1ccc(N=Cc2ccc(C=Nc3ccc(/C=C/C(=O)O)cc3)cc2)cc1. The fraction of sp³-hybridized carbons (Fsp3) is 0. The standard InChI is InChI=1S/C26H20N2O4/c29-25(30)15-9-19-5-11-23(12-6-19)27-17-21-1-2-22(4-3-21)18-28-24-13-7-20(8-14-24)10-16-26(31)32/h1-18H,(H,29,30)(H,31,32)/b15-9+,16-10+,27-17?,28-18?. The van der Waals surface area contributed by atoms with Gasteiger partial charge in [-0.15, -0.1) is 0 Å². The van der Waals surface area contributed by atoms with Crippen molar-refractivity contribution in [2.75, 3.05) is 0 Å². The van der Waals surface area contributed by atoms with Gasteiger partial charge >= 0.3 is 11.9 Å². The van der Waals surface area contributed by atoms with Gasteiger partial charge in [-0.3, -0.25) is 9.98 Å². The molecule has 32 heavy (non-hydrogen) atoms. The second-order valence-corrected chi connectivity index (χ2v) is 6.71. The molecule has 158 valence electrons. The maximum atomic E-state index is 10.6. The highest BCUT2D eigenvalue weighted by Crippen LogP contribution is 2.16. The van der Waals surface area contributed by atoms with Crippen LogP contribution in [0, 0.1) is 0 Å². The summed E-state index contributed by atoms with van der Waals surface area (Å²) >= 11 is 0. The summed E-state index contributed by atoms with van der Waals surface area (Å²) < 4.78 is 0. The van der Waals surface area contributed by atoms with Gasteiger partial charge in [-0.05, 0) is 58.7 Å². The summed E-state index contributed by atoms with van der Waals surface area (Å²) in [5.74, 6) is -1.96. The Hall–Kier alpha value is -4.58. The molecule has 0 unspecified atom stereocenters. The fourth-order valence-electron chi connectivity index (χ4n) is 2.64. The molecule has 2 N–H and O–H groups in total. The summed E-state index contributed by atoms with van der Waals surface area (Å²) in [5.41, 5.74) is 5.00. The molecule has 0 saturated carbocycles. The normalized spacial score (nSPS) is 11.8. The molecule has 6 nitrogen and oxygen atoms in total. The zero-order valence-corrected chi connectivity index (χ0v) is 17.0. The Kier molecular flexibility index (Phi) is 7.59. The minimum atomic E-state index is -0.982. The highest BCUT2D eigenvalue weighted by atomic mass is 16.4. The second-order valence-electron chi connectivity index (χ2n) is 6.71. The zero-order chi connectivity index (χ0) is 22.8. The molecule has 0 radical (unpaired) electrons. The van der Waals surface area contributed by atoms with Gasteiger partial charge in [0, 0.05) is 24.6 Å². The predicted octanol–water partition coefficient (Wildman–Crippen LogP) is 5.38. The van der Waals surface area contributed by atoms with Gasteiger partial charge in [-0.25, -0.2) is 9.59 Å². The van der Waals surface area contributed by atoms with Crippen LogP contribution in [0.4, 0.5) is 11.4 Å². The Labute approximate surface area is 185 Å². The molecule has 3 aromatic carbocycles. The van der Waals surface area contributed by atoms with Gasteiger partial charge in [0.1, 0.15) is 0 Å². The van der Waals surface area contributed by atoms with Gasteiger partial charge in [0.2, 0.25) is 0 Å². The van der Waals surface area contributed by atoms with Crippen molar-refractivity contribution < 1.29 is 19.8 Å². The van der Waals surface area contributed by atoms with Crippen LogP contribution in [0.2, 0.25) is 0 Å². The quantitative estimate of drug-likeness (QED) is 0.374. The summed E-state index contributed by atoms with van der Waals surface area (Å²) in [4.78, 5) is 30.0. The average Bonchev–Trinajstić information content (AvgIpc) is 2.80. The van der Waals surface area contributed by atoms with E-state index < -0.39 is 11.9 Å². The first-order chi connectivity index (χ1) is 15.5. The van der Waals surface area contributed by atoms with Gasteiger partial charge in [-0.2, -0.15) is 0 Å². The molecule has 0 aliphatic rings. The molecular weight excluding hydrogens is 404 g/mol. The van der Waals surface area contributed by atoms with Gasteiger partial charge in [0.05, 0.1) is 11.4 Å². The number of nitrogens with zero attached hydrogens (tertiary/aromatic N) is 2. The molecule has 3 rings (SSSR count). The number of benzene rings is 3. The molecule has 0 bridgehead atoms. The van der Waals surface area contributed by atoms with Gasteiger partial charge in [-0.1, -0.05) is 48.5 Å². The Morgan fingerprint density at radius 3 is 1.16 bits per heavy atom. The molecule has 6 heteroatoms. The maximum Gasteiger partial charge on any atom is 0.328 e. The minimum absolute atomic E-state index is 0.768. The smallest absolute Gasteiger partial charge is 0.328 e. The summed E-state index contributed by atoms with van der Waals surface area (Å²) in [6.45, 7) is 0. The number of carboxylic acid groups (broad SMARTS) is 2. The Morgan fingerprint density at radius 1 is 0.531 bits per heavy atom. The lowest BCUT2D eigenvalue weighted by atomic mass is 10.1. The molecule has 0 heterocycles. The van der Waals surface area contributed by atoms with Crippen LogP contribution >= 0.6 is 0 Å². The highest BCUT2D eigenvalue weighted by Gasteiger charge is 1.95. The molecule has 0 aliphatic heterocycles. The number of carbonyl (C=O) groups is 2. The van der Waals surface area contributed by atoms with Crippen LogP contribution in [-0.2, 0) is 9.59 Å². The van der Waals surface area contributed by atoms with E-state index >= 15 is 0 Å². The topological polar surface area (TPSA) is 99.3 Å². The lowest BCUT2D eigenvalue weighted by Crippen LogP contribution is -1.86. The lowest BCUT2D eigenvalue weighted by molar-refractivity contribution is -0.132. The largest absolute Gasteiger partial charge is 0.478 e. The minimum Gasteiger partial charge on any atom is -0.478 e. The van der Waals surface area contributed by atoms with Crippen molar-refractivity contribution >= 4 is 47.9 Å². The molecule has 0 spiro atoms. The van der Waals surface area contributed by atoms with Crippen LogP contribution < -0.4 is 0 Å². The summed E-state index contributed by atoms with van der Waals surface area (Å²) in [6, 6.07) is 22.3. The first-order valence-electron chi connectivity index (χ1n) is 9.68. The highest BCUT2D eigenvalue weighted by molar-refractivity contribution is 5.87. The third-order valence-electron chi connectivity index (χ3n) is 4.28. The first kappa shape index (κ1) is 22.1. The van der Waals surface area contributed by atoms with Crippen molar-refractivity contribution in [1.29, 1.82) is 0 Å². The summed E-state index contributed by atoms with van der Waals surface area (Å²) in [7, 11) is 0. The van der Waals surface area contributed by atoms with Crippen molar-refractivity contribution in [3.05, 3.63) is 107 Å². The van der Waals surface area contributed by atoms with Crippen molar-refractivity contribution in [3.8, 4) is 0 Å². The van der Waals surface area contributed by atoms with Crippen molar-refractivity contribution in [2.45, 2.75) is 0 Å². The van der Waals surface area contributed by atoms with E-state index in [4.69, 9.17) is 10.2 Å². The lowest BCUT2D eigenvalue weighted by Gasteiger charge is -1.98. The van der Waals surface area contributed by atoms with Gasteiger partial charge in [0.25, 0.3) is 0 Å². The van der Waals surface area contributed by atoms with Crippen LogP contribution in [0.5, 0.6) is 0 Å². The molecular formula is C26H20N2O4. The molecule has 3 aromatic rings. The molecule has 0 aromatic heterocycles. The van der Waals surface area contributed by atoms with Crippen molar-refractivity contribution in [2.24, 2.45) is 9.98 Å². The number of hydrogen-bond donors (Lipinski definition) is 2. The maximum absolute atomic E-state index is 10.6. The molecule has 0 fully saturated rings. The number of aliphatic imine (C=N–C) groups is 2. The number of aliphatic carboxylic acids is 2. The van der Waals surface area contributed by atoms with E-state index in [-0.39, 0.29) is 0 Å². The van der Waals surface area contributed by atoms with E-state index in [9.17, 15) is 9.59 Å². The third-order valence-corrected chi connectivity index (χ3v) is 4.28. The van der Waals surface area contributed by atoms with Gasteiger partial charge in [0.15, 0.2) is 0 Å². The molecule has 0 aliphatic carbocycles. The van der Waals surface area contributed by atoms with E-state index in [0.717, 1.165) is 45.8 Å². The van der Waals surface area contributed by atoms with E-state index in [1.165, 1.54) is 12.2 Å². The van der Waals surface area contributed by atoms with Crippen LogP contribution in [0.3, 0.4) is 0 Å². The van der Waals surface area contributed by atoms with E-state index in [0.29, 0.717) is 0 Å². The third kappa shape index (κ3) is 7.35. The molecule has 0 amide bonds. The average molecular weight is 424 g/mol. The number of rotatable bonds is 8. The zero-order valence-electron chi connectivity index (χ0n) is 17.0. The Bertz CT molecular complexity index is 1090. The second kappa shape index (κ2) is 11.0. The van der Waals surface area contributed by atoms with E-state index in [1.807, 2.05) is 48.5 Å². The summed E-state index contributed by atoms with van der Waals surface area (Å²) in [6.07, 6.45) is 8.76. The van der Waals surface area contributed by atoms with E-state index in [2.05, 4.69) is 9.98 Å². The number of carboxylic acids is 2. The number of hydrogen-bond acceptors (Lipinski definition) is 4. The van der Waals surface area contributed by atoms with Crippen LogP contribution in [0.25, 0.3) is 12.2 Å².